The van der Waals surface area contributed by atoms with Gasteiger partial charge >= 0.3 is 0 Å². The van der Waals surface area contributed by atoms with Gasteiger partial charge < -0.3 is 10.1 Å². The maximum absolute atomic E-state index is 5.59. The van der Waals surface area contributed by atoms with Gasteiger partial charge in [0.05, 0.1) is 6.61 Å². The van der Waals surface area contributed by atoms with Gasteiger partial charge in [0.25, 0.3) is 0 Å². The highest BCUT2D eigenvalue weighted by molar-refractivity contribution is 5.39. The third kappa shape index (κ3) is 3.58. The number of hydrogen-bond acceptors (Lipinski definition) is 3. The predicted octanol–water partition coefficient (Wildman–Crippen LogP) is 2.63. The number of rotatable bonds is 3. The highest BCUT2D eigenvalue weighted by Crippen LogP contribution is 2.26. The molecule has 0 aliphatic carbocycles. The molecule has 0 bridgehead atoms. The van der Waals surface area contributed by atoms with Crippen LogP contribution in [0, 0.1) is 0 Å². The first kappa shape index (κ1) is 14.9. The molecule has 21 heavy (non-hydrogen) atoms. The van der Waals surface area contributed by atoms with Gasteiger partial charge in [-0.3, -0.25) is 4.90 Å². The van der Waals surface area contributed by atoms with Crippen LogP contribution in [-0.2, 0) is 12.8 Å². The number of fused-ring (bicyclic) bond motifs is 1. The van der Waals surface area contributed by atoms with Crippen molar-refractivity contribution in [2.75, 3.05) is 26.2 Å². The molecule has 2 aliphatic heterocycles. The minimum Gasteiger partial charge on any atom is -0.493 e. The monoisotopic (exact) mass is 288 g/mol. The van der Waals surface area contributed by atoms with E-state index in [4.69, 9.17) is 4.74 Å². The molecule has 3 heteroatoms. The van der Waals surface area contributed by atoms with Crippen LogP contribution in [0.3, 0.4) is 0 Å². The lowest BCUT2D eigenvalue weighted by Gasteiger charge is -2.33. The van der Waals surface area contributed by atoms with Crippen LogP contribution in [0.1, 0.15) is 38.3 Å². The van der Waals surface area contributed by atoms with Crippen LogP contribution in [0.5, 0.6) is 5.75 Å². The third-order valence-electron chi connectivity index (χ3n) is 4.83. The summed E-state index contributed by atoms with van der Waals surface area (Å²) < 4.78 is 5.59. The number of hydrogen-bond donors (Lipinski definition) is 1. The summed E-state index contributed by atoms with van der Waals surface area (Å²) in [6, 6.07) is 7.39. The van der Waals surface area contributed by atoms with Gasteiger partial charge in [-0.05, 0) is 57.4 Å². The van der Waals surface area contributed by atoms with E-state index in [1.54, 1.807) is 0 Å². The summed E-state index contributed by atoms with van der Waals surface area (Å²) in [5, 5.41) is 3.66. The minimum atomic E-state index is 0.219. The quantitative estimate of drug-likeness (QED) is 0.925. The second-order valence-electron chi connectivity index (χ2n) is 7.21. The second-order valence-corrected chi connectivity index (χ2v) is 7.21. The Morgan fingerprint density at radius 2 is 2.24 bits per heavy atom. The molecule has 0 aromatic heterocycles. The number of nitrogens with zero attached hydrogens (tertiary/aromatic N) is 1. The Labute approximate surface area is 128 Å². The van der Waals surface area contributed by atoms with Crippen molar-refractivity contribution >= 4 is 0 Å². The molecule has 2 heterocycles. The number of benzene rings is 1. The summed E-state index contributed by atoms with van der Waals surface area (Å²) in [5.41, 5.74) is 3.05. The van der Waals surface area contributed by atoms with E-state index in [0.717, 1.165) is 44.8 Å². The van der Waals surface area contributed by atoms with Crippen LogP contribution < -0.4 is 10.1 Å². The van der Waals surface area contributed by atoms with Gasteiger partial charge in [0.2, 0.25) is 0 Å². The average molecular weight is 288 g/mol. The van der Waals surface area contributed by atoms with E-state index in [9.17, 15) is 0 Å². The largest absolute Gasteiger partial charge is 0.493 e. The maximum atomic E-state index is 5.59. The fourth-order valence-corrected chi connectivity index (χ4v) is 3.49. The van der Waals surface area contributed by atoms with Crippen LogP contribution >= 0.6 is 0 Å². The van der Waals surface area contributed by atoms with Gasteiger partial charge in [0.15, 0.2) is 0 Å². The van der Waals surface area contributed by atoms with Crippen molar-refractivity contribution in [2.24, 2.45) is 0 Å². The van der Waals surface area contributed by atoms with Crippen LogP contribution in [-0.4, -0.2) is 42.7 Å². The Morgan fingerprint density at radius 3 is 3.10 bits per heavy atom. The highest BCUT2D eigenvalue weighted by Gasteiger charge is 2.27. The normalized spacial score (nSPS) is 25.2. The molecule has 1 unspecified atom stereocenters. The lowest BCUT2D eigenvalue weighted by atomic mass is 10.0. The predicted molar refractivity (Wildman–Crippen MR) is 87.1 cm³/mol. The molecule has 1 N–H and O–H groups in total. The SMILES string of the molecule is CC1CCNC(C)(C)CN1CCc1ccc2c(c1)CCO2. The molecule has 116 valence electrons. The first-order valence-corrected chi connectivity index (χ1v) is 8.27. The Morgan fingerprint density at radius 1 is 1.38 bits per heavy atom. The molecule has 1 fully saturated rings. The van der Waals surface area contributed by atoms with E-state index in [2.05, 4.69) is 49.2 Å². The van der Waals surface area contributed by atoms with E-state index in [-0.39, 0.29) is 5.54 Å². The van der Waals surface area contributed by atoms with Gasteiger partial charge in [0.1, 0.15) is 5.75 Å². The van der Waals surface area contributed by atoms with Crippen molar-refractivity contribution in [3.05, 3.63) is 29.3 Å². The molecule has 0 radical (unpaired) electrons. The standard InChI is InChI=1S/C18H28N2O/c1-14-6-9-19-18(2,3)13-20(14)10-7-15-4-5-17-16(12-15)8-11-21-17/h4-5,12,14,19H,6-11,13H2,1-3H3. The first-order chi connectivity index (χ1) is 10.0. The third-order valence-corrected chi connectivity index (χ3v) is 4.83. The van der Waals surface area contributed by atoms with Crippen LogP contribution in [0.25, 0.3) is 0 Å². The highest BCUT2D eigenvalue weighted by atomic mass is 16.5. The molecule has 1 aromatic rings. The van der Waals surface area contributed by atoms with Gasteiger partial charge in [-0.25, -0.2) is 0 Å². The van der Waals surface area contributed by atoms with Crippen LogP contribution in [0.15, 0.2) is 18.2 Å². The van der Waals surface area contributed by atoms with Crippen molar-refractivity contribution in [2.45, 2.75) is 51.6 Å². The van der Waals surface area contributed by atoms with Crippen LogP contribution in [0.4, 0.5) is 0 Å². The fraction of sp³-hybridized carbons (Fsp3) is 0.667. The fourth-order valence-electron chi connectivity index (χ4n) is 3.49. The van der Waals surface area contributed by atoms with Gasteiger partial charge in [-0.2, -0.15) is 0 Å². The summed E-state index contributed by atoms with van der Waals surface area (Å²) in [5.74, 6) is 1.09. The van der Waals surface area contributed by atoms with Crippen LogP contribution in [0.2, 0.25) is 0 Å². The summed E-state index contributed by atoms with van der Waals surface area (Å²) in [4.78, 5) is 2.64. The van der Waals surface area contributed by atoms with Crippen molar-refractivity contribution in [3.63, 3.8) is 0 Å². The van der Waals surface area contributed by atoms with Crippen molar-refractivity contribution in [3.8, 4) is 5.75 Å². The average Bonchev–Trinajstić information content (AvgIpc) is 2.85. The van der Waals surface area contributed by atoms with Crippen molar-refractivity contribution in [1.29, 1.82) is 0 Å². The van der Waals surface area contributed by atoms with E-state index in [1.807, 2.05) is 0 Å². The molecule has 0 spiro atoms. The summed E-state index contributed by atoms with van der Waals surface area (Å²) >= 11 is 0. The van der Waals surface area contributed by atoms with E-state index >= 15 is 0 Å². The molecule has 3 rings (SSSR count). The lowest BCUT2D eigenvalue weighted by Crippen LogP contribution is -2.48. The smallest absolute Gasteiger partial charge is 0.122 e. The molecular weight excluding hydrogens is 260 g/mol. The van der Waals surface area contributed by atoms with E-state index in [0.29, 0.717) is 6.04 Å². The molecule has 1 atom stereocenters. The zero-order valence-electron chi connectivity index (χ0n) is 13.6. The molecule has 1 aromatic carbocycles. The Balaban J connectivity index is 1.63. The van der Waals surface area contributed by atoms with Crippen molar-refractivity contribution in [1.82, 2.24) is 10.2 Å². The molecule has 0 amide bonds. The molecule has 1 saturated heterocycles. The Kier molecular flexibility index (Phi) is 4.23. The van der Waals surface area contributed by atoms with Gasteiger partial charge in [-0.15, -0.1) is 0 Å². The minimum absolute atomic E-state index is 0.219. The second kappa shape index (κ2) is 5.98. The summed E-state index contributed by atoms with van der Waals surface area (Å²) in [6.07, 6.45) is 3.44. The summed E-state index contributed by atoms with van der Waals surface area (Å²) in [6.45, 7) is 11.2. The first-order valence-electron chi connectivity index (χ1n) is 8.27. The number of nitrogens with one attached hydrogen (secondary N) is 1. The van der Waals surface area contributed by atoms with Gasteiger partial charge in [0, 0.05) is 31.1 Å². The van der Waals surface area contributed by atoms with Gasteiger partial charge in [-0.1, -0.05) is 12.1 Å². The van der Waals surface area contributed by atoms with E-state index in [1.165, 1.54) is 17.5 Å². The Bertz CT molecular complexity index is 498. The molecule has 2 aliphatic rings. The van der Waals surface area contributed by atoms with Crippen molar-refractivity contribution < 1.29 is 4.74 Å². The lowest BCUT2D eigenvalue weighted by molar-refractivity contribution is 0.183. The maximum Gasteiger partial charge on any atom is 0.122 e. The zero-order chi connectivity index (χ0) is 14.9. The molecule has 3 nitrogen and oxygen atoms in total. The topological polar surface area (TPSA) is 24.5 Å². The zero-order valence-corrected chi connectivity index (χ0v) is 13.6. The Hall–Kier alpha value is -1.06. The number of ether oxygens (including phenoxy) is 1. The summed E-state index contributed by atoms with van der Waals surface area (Å²) in [7, 11) is 0. The van der Waals surface area contributed by atoms with E-state index < -0.39 is 0 Å². The molecular formula is C18H28N2O. The molecule has 0 saturated carbocycles.